The van der Waals surface area contributed by atoms with E-state index >= 15 is 0 Å². The Morgan fingerprint density at radius 2 is 1.90 bits per heavy atom. The highest BCUT2D eigenvalue weighted by molar-refractivity contribution is 7.89. The molecule has 20 heavy (non-hydrogen) atoms. The third kappa shape index (κ3) is 4.57. The quantitative estimate of drug-likeness (QED) is 0.707. The highest BCUT2D eigenvalue weighted by Gasteiger charge is 2.40. The highest BCUT2D eigenvalue weighted by Crippen LogP contribution is 2.22. The number of carbonyl (C=O) groups is 1. The van der Waals surface area contributed by atoms with Gasteiger partial charge >= 0.3 is 5.97 Å². The smallest absolute Gasteiger partial charge is 0.323 e. The molecule has 7 heteroatoms. The molecule has 116 valence electrons. The van der Waals surface area contributed by atoms with Crippen LogP contribution in [0.25, 0.3) is 0 Å². The molecule has 0 aromatic carbocycles. The van der Waals surface area contributed by atoms with Gasteiger partial charge in [0.15, 0.2) is 0 Å². The number of hydrogen-bond acceptors (Lipinski definition) is 4. The second-order valence-corrected chi connectivity index (χ2v) is 7.75. The van der Waals surface area contributed by atoms with Crippen molar-refractivity contribution in [3.05, 3.63) is 12.2 Å². The van der Waals surface area contributed by atoms with E-state index in [1.165, 1.54) is 4.31 Å². The van der Waals surface area contributed by atoms with Gasteiger partial charge in [-0.25, -0.2) is 12.7 Å². The van der Waals surface area contributed by atoms with Gasteiger partial charge in [-0.3, -0.25) is 4.79 Å². The second-order valence-electron chi connectivity index (χ2n) is 5.74. The van der Waals surface area contributed by atoms with Crippen molar-refractivity contribution < 1.29 is 18.3 Å². The minimum Gasteiger partial charge on any atom is -0.480 e. The first-order valence-electron chi connectivity index (χ1n) is 6.82. The van der Waals surface area contributed by atoms with E-state index in [-0.39, 0.29) is 31.7 Å². The molecule has 1 heterocycles. The molecule has 1 rings (SSSR count). The van der Waals surface area contributed by atoms with Gasteiger partial charge in [-0.1, -0.05) is 26.0 Å². The van der Waals surface area contributed by atoms with Crippen molar-refractivity contribution in [3.8, 4) is 0 Å². The van der Waals surface area contributed by atoms with E-state index < -0.39 is 21.5 Å². The standard InChI is InChI=1S/C13H24N2O4S/c1-11(2)5-3-4-10-20(18,19)15-8-6-13(14,7-9-15)12(16)17/h3-4,11H,5-10,14H2,1-2H3,(H,16,17). The Kier molecular flexibility index (Phi) is 5.73. The molecule has 0 spiro atoms. The van der Waals surface area contributed by atoms with E-state index in [0.717, 1.165) is 6.42 Å². The van der Waals surface area contributed by atoms with Gasteiger partial charge in [0.25, 0.3) is 0 Å². The number of rotatable bonds is 6. The van der Waals surface area contributed by atoms with E-state index in [9.17, 15) is 13.2 Å². The predicted octanol–water partition coefficient (Wildman–Crippen LogP) is 0.796. The Labute approximate surface area is 120 Å². The number of carboxylic acids is 1. The van der Waals surface area contributed by atoms with E-state index in [2.05, 4.69) is 13.8 Å². The van der Waals surface area contributed by atoms with Crippen LogP contribution < -0.4 is 5.73 Å². The van der Waals surface area contributed by atoms with Crippen molar-refractivity contribution in [1.29, 1.82) is 0 Å². The molecule has 0 aromatic rings. The van der Waals surface area contributed by atoms with Gasteiger partial charge in [-0.05, 0) is 25.2 Å². The molecule has 1 aliphatic rings. The number of nitrogens with zero attached hydrogens (tertiary/aromatic N) is 1. The molecule has 1 aliphatic heterocycles. The van der Waals surface area contributed by atoms with E-state index in [4.69, 9.17) is 10.8 Å². The lowest BCUT2D eigenvalue weighted by Crippen LogP contribution is -2.56. The number of allylic oxidation sites excluding steroid dienone is 1. The molecule has 0 amide bonds. The number of sulfonamides is 1. The van der Waals surface area contributed by atoms with Crippen LogP contribution in [-0.2, 0) is 14.8 Å². The molecule has 3 N–H and O–H groups in total. The molecule has 0 aliphatic carbocycles. The molecule has 6 nitrogen and oxygen atoms in total. The Balaban J connectivity index is 2.55. The van der Waals surface area contributed by atoms with Gasteiger partial charge in [0.2, 0.25) is 10.0 Å². The van der Waals surface area contributed by atoms with Gasteiger partial charge in [0.05, 0.1) is 5.75 Å². The molecular weight excluding hydrogens is 280 g/mol. The molecule has 0 atom stereocenters. The maximum Gasteiger partial charge on any atom is 0.323 e. The fraction of sp³-hybridized carbons (Fsp3) is 0.769. The minimum atomic E-state index is -3.36. The van der Waals surface area contributed by atoms with Crippen LogP contribution in [0.15, 0.2) is 12.2 Å². The highest BCUT2D eigenvalue weighted by atomic mass is 32.2. The van der Waals surface area contributed by atoms with Crippen molar-refractivity contribution in [3.63, 3.8) is 0 Å². The zero-order chi connectivity index (χ0) is 15.4. The third-order valence-corrected chi connectivity index (χ3v) is 5.28. The molecule has 0 aromatic heterocycles. The summed E-state index contributed by atoms with van der Waals surface area (Å²) in [5.74, 6) is -0.603. The first kappa shape index (κ1) is 17.1. The van der Waals surface area contributed by atoms with Crippen LogP contribution in [0, 0.1) is 5.92 Å². The van der Waals surface area contributed by atoms with Crippen LogP contribution in [0.2, 0.25) is 0 Å². The van der Waals surface area contributed by atoms with Crippen LogP contribution in [-0.4, -0.2) is 48.2 Å². The molecule has 0 unspecified atom stereocenters. The normalized spacial score (nSPS) is 20.6. The number of nitrogens with two attached hydrogens (primary N) is 1. The topological polar surface area (TPSA) is 101 Å². The van der Waals surface area contributed by atoms with Gasteiger partial charge in [-0.15, -0.1) is 0 Å². The van der Waals surface area contributed by atoms with Crippen LogP contribution in [0.4, 0.5) is 0 Å². The SMILES string of the molecule is CC(C)CC=CCS(=O)(=O)N1CCC(N)(C(=O)O)CC1. The molecule has 1 saturated heterocycles. The lowest BCUT2D eigenvalue weighted by molar-refractivity contribution is -0.144. The van der Waals surface area contributed by atoms with Crippen molar-refractivity contribution in [2.45, 2.75) is 38.6 Å². The van der Waals surface area contributed by atoms with Gasteiger partial charge in [0, 0.05) is 13.1 Å². The first-order valence-corrected chi connectivity index (χ1v) is 8.43. The fourth-order valence-electron chi connectivity index (χ4n) is 2.04. The summed E-state index contributed by atoms with van der Waals surface area (Å²) < 4.78 is 25.5. The maximum absolute atomic E-state index is 12.1. The van der Waals surface area contributed by atoms with Gasteiger partial charge in [-0.2, -0.15) is 0 Å². The van der Waals surface area contributed by atoms with Gasteiger partial charge in [0.1, 0.15) is 5.54 Å². The van der Waals surface area contributed by atoms with Crippen molar-refractivity contribution in [1.82, 2.24) is 4.31 Å². The van der Waals surface area contributed by atoms with E-state index in [1.54, 1.807) is 6.08 Å². The lowest BCUT2D eigenvalue weighted by atomic mass is 9.90. The summed E-state index contributed by atoms with van der Waals surface area (Å²) >= 11 is 0. The molecule has 0 bridgehead atoms. The van der Waals surface area contributed by atoms with Crippen LogP contribution in [0.5, 0.6) is 0 Å². The second kappa shape index (κ2) is 6.69. The van der Waals surface area contributed by atoms with E-state index in [1.807, 2.05) is 6.08 Å². The van der Waals surface area contributed by atoms with E-state index in [0.29, 0.717) is 5.92 Å². The first-order chi connectivity index (χ1) is 9.17. The zero-order valence-corrected chi connectivity index (χ0v) is 12.9. The zero-order valence-electron chi connectivity index (χ0n) is 12.1. The summed E-state index contributed by atoms with van der Waals surface area (Å²) in [6, 6.07) is 0. The summed E-state index contributed by atoms with van der Waals surface area (Å²) in [5.41, 5.74) is 4.44. The van der Waals surface area contributed by atoms with Crippen LogP contribution in [0.3, 0.4) is 0 Å². The number of carboxylic acid groups (broad SMARTS) is 1. The number of aliphatic carboxylic acids is 1. The van der Waals surface area contributed by atoms with Crippen LogP contribution in [0.1, 0.15) is 33.1 Å². The van der Waals surface area contributed by atoms with Crippen LogP contribution >= 0.6 is 0 Å². The number of hydrogen-bond donors (Lipinski definition) is 2. The monoisotopic (exact) mass is 304 g/mol. The predicted molar refractivity (Wildman–Crippen MR) is 77.7 cm³/mol. The summed E-state index contributed by atoms with van der Waals surface area (Å²) in [4.78, 5) is 11.0. The molecule has 1 fully saturated rings. The van der Waals surface area contributed by atoms with Crippen molar-refractivity contribution in [2.24, 2.45) is 11.7 Å². The maximum atomic E-state index is 12.1. The average Bonchev–Trinajstić information content (AvgIpc) is 2.35. The summed E-state index contributed by atoms with van der Waals surface area (Å²) in [6.45, 7) is 4.47. The minimum absolute atomic E-state index is 0.0373. The average molecular weight is 304 g/mol. The number of piperidine rings is 1. The Bertz CT molecular complexity index is 463. The lowest BCUT2D eigenvalue weighted by Gasteiger charge is -2.35. The Hall–Kier alpha value is -0.920. The largest absolute Gasteiger partial charge is 0.480 e. The Morgan fingerprint density at radius 1 is 1.35 bits per heavy atom. The van der Waals surface area contributed by atoms with Crippen molar-refractivity contribution in [2.75, 3.05) is 18.8 Å². The summed E-state index contributed by atoms with van der Waals surface area (Å²) in [5, 5.41) is 9.01. The summed E-state index contributed by atoms with van der Waals surface area (Å²) in [7, 11) is -3.36. The summed E-state index contributed by atoms with van der Waals surface area (Å²) in [6.07, 6.45) is 4.68. The fourth-order valence-corrected chi connectivity index (χ4v) is 3.37. The molecule has 0 radical (unpaired) electrons. The molecular formula is C13H24N2O4S. The third-order valence-electron chi connectivity index (χ3n) is 3.51. The van der Waals surface area contributed by atoms with Crippen molar-refractivity contribution >= 4 is 16.0 Å². The Morgan fingerprint density at radius 3 is 2.35 bits per heavy atom. The molecule has 0 saturated carbocycles. The van der Waals surface area contributed by atoms with Gasteiger partial charge < -0.3 is 10.8 Å².